The van der Waals surface area contributed by atoms with Gasteiger partial charge >= 0.3 is 0 Å². The van der Waals surface area contributed by atoms with Gasteiger partial charge in [-0.25, -0.2) is 0 Å². The van der Waals surface area contributed by atoms with Crippen LogP contribution in [0.25, 0.3) is 11.8 Å². The van der Waals surface area contributed by atoms with Crippen molar-refractivity contribution in [3.63, 3.8) is 0 Å². The first-order valence-electron chi connectivity index (χ1n) is 8.63. The predicted molar refractivity (Wildman–Crippen MR) is 104 cm³/mol. The van der Waals surface area contributed by atoms with Crippen LogP contribution in [0.4, 0.5) is 0 Å². The van der Waals surface area contributed by atoms with E-state index in [-0.39, 0.29) is 12.5 Å². The van der Waals surface area contributed by atoms with E-state index in [1.165, 1.54) is 6.08 Å². The van der Waals surface area contributed by atoms with Crippen molar-refractivity contribution >= 4 is 12.0 Å². The molecule has 144 valence electrons. The first-order chi connectivity index (χ1) is 13.6. The lowest BCUT2D eigenvalue weighted by atomic mass is 10.2. The average molecular weight is 379 g/mol. The fourth-order valence-electron chi connectivity index (χ4n) is 2.56. The number of carbonyl (C=O) groups excluding carboxylic acids is 1. The van der Waals surface area contributed by atoms with Gasteiger partial charge in [-0.2, -0.15) is 4.68 Å². The topological polar surface area (TPSA) is 91.2 Å². The zero-order chi connectivity index (χ0) is 19.9. The molecule has 1 amide bonds. The SMILES string of the molecule is COc1ccc(C=CC(=O)NCc2nnnn2-c2ccc(C)cc2)cc1OC. The molecule has 8 heteroatoms. The zero-order valence-corrected chi connectivity index (χ0v) is 15.9. The molecule has 0 radical (unpaired) electrons. The second-order valence-corrected chi connectivity index (χ2v) is 6.01. The normalized spacial score (nSPS) is 10.8. The first-order valence-corrected chi connectivity index (χ1v) is 8.63. The molecular weight excluding hydrogens is 358 g/mol. The third-order valence-electron chi connectivity index (χ3n) is 4.07. The van der Waals surface area contributed by atoms with Gasteiger partial charge in [-0.1, -0.05) is 23.8 Å². The number of tetrazole rings is 1. The molecule has 0 saturated heterocycles. The molecule has 28 heavy (non-hydrogen) atoms. The Kier molecular flexibility index (Phi) is 6.01. The molecule has 0 spiro atoms. The molecule has 2 aromatic carbocycles. The highest BCUT2D eigenvalue weighted by Crippen LogP contribution is 2.27. The molecule has 1 heterocycles. The van der Waals surface area contributed by atoms with Crippen LogP contribution in [0.1, 0.15) is 17.0 Å². The fourth-order valence-corrected chi connectivity index (χ4v) is 2.56. The highest BCUT2D eigenvalue weighted by atomic mass is 16.5. The van der Waals surface area contributed by atoms with Crippen molar-refractivity contribution in [1.29, 1.82) is 0 Å². The molecule has 0 atom stereocenters. The number of nitrogens with one attached hydrogen (secondary N) is 1. The van der Waals surface area contributed by atoms with Crippen LogP contribution < -0.4 is 14.8 Å². The summed E-state index contributed by atoms with van der Waals surface area (Å²) >= 11 is 0. The highest BCUT2D eigenvalue weighted by molar-refractivity contribution is 5.91. The smallest absolute Gasteiger partial charge is 0.244 e. The van der Waals surface area contributed by atoms with Crippen LogP contribution in [0.2, 0.25) is 0 Å². The summed E-state index contributed by atoms with van der Waals surface area (Å²) in [5.41, 5.74) is 2.80. The van der Waals surface area contributed by atoms with Crippen molar-refractivity contribution in [2.24, 2.45) is 0 Å². The lowest BCUT2D eigenvalue weighted by Crippen LogP contribution is -2.22. The summed E-state index contributed by atoms with van der Waals surface area (Å²) in [6, 6.07) is 13.2. The molecule has 0 saturated carbocycles. The lowest BCUT2D eigenvalue weighted by Gasteiger charge is -2.07. The predicted octanol–water partition coefficient (Wildman–Crippen LogP) is 2.32. The zero-order valence-electron chi connectivity index (χ0n) is 15.9. The molecule has 0 aliphatic rings. The van der Waals surface area contributed by atoms with Crippen LogP contribution in [0, 0.1) is 6.92 Å². The van der Waals surface area contributed by atoms with Gasteiger partial charge in [0, 0.05) is 6.08 Å². The Morgan fingerprint density at radius 3 is 2.57 bits per heavy atom. The van der Waals surface area contributed by atoms with E-state index in [4.69, 9.17) is 9.47 Å². The molecule has 0 bridgehead atoms. The van der Waals surface area contributed by atoms with Crippen molar-refractivity contribution in [3.8, 4) is 17.2 Å². The maximum atomic E-state index is 12.1. The van der Waals surface area contributed by atoms with E-state index in [9.17, 15) is 4.79 Å². The van der Waals surface area contributed by atoms with E-state index in [1.807, 2.05) is 37.3 Å². The van der Waals surface area contributed by atoms with E-state index in [1.54, 1.807) is 37.1 Å². The minimum Gasteiger partial charge on any atom is -0.493 e. The van der Waals surface area contributed by atoms with Gasteiger partial charge in [0.1, 0.15) is 0 Å². The maximum absolute atomic E-state index is 12.1. The van der Waals surface area contributed by atoms with E-state index >= 15 is 0 Å². The van der Waals surface area contributed by atoms with Gasteiger partial charge in [0.15, 0.2) is 17.3 Å². The van der Waals surface area contributed by atoms with E-state index in [0.717, 1.165) is 16.8 Å². The molecule has 0 fully saturated rings. The molecule has 8 nitrogen and oxygen atoms in total. The Morgan fingerprint density at radius 2 is 1.86 bits per heavy atom. The number of methoxy groups -OCH3 is 2. The monoisotopic (exact) mass is 379 g/mol. The maximum Gasteiger partial charge on any atom is 0.244 e. The van der Waals surface area contributed by atoms with Crippen LogP contribution in [0.3, 0.4) is 0 Å². The minimum atomic E-state index is -0.256. The van der Waals surface area contributed by atoms with Crippen LogP contribution >= 0.6 is 0 Å². The van der Waals surface area contributed by atoms with Gasteiger partial charge in [-0.05, 0) is 53.3 Å². The van der Waals surface area contributed by atoms with Gasteiger partial charge in [0.25, 0.3) is 0 Å². The number of hydrogen-bond donors (Lipinski definition) is 1. The summed E-state index contributed by atoms with van der Waals surface area (Å²) in [4.78, 5) is 12.1. The number of carbonyl (C=O) groups is 1. The summed E-state index contributed by atoms with van der Waals surface area (Å²) in [5.74, 6) is 1.51. The summed E-state index contributed by atoms with van der Waals surface area (Å²) < 4.78 is 12.1. The summed E-state index contributed by atoms with van der Waals surface area (Å²) in [7, 11) is 3.14. The number of hydrogen-bond acceptors (Lipinski definition) is 6. The molecule has 1 N–H and O–H groups in total. The van der Waals surface area contributed by atoms with Gasteiger partial charge < -0.3 is 14.8 Å². The van der Waals surface area contributed by atoms with Crippen molar-refractivity contribution in [1.82, 2.24) is 25.5 Å². The Balaban J connectivity index is 1.63. The number of amides is 1. The summed E-state index contributed by atoms with van der Waals surface area (Å²) in [5, 5.41) is 14.4. The fraction of sp³-hybridized carbons (Fsp3) is 0.200. The number of nitrogens with zero attached hydrogens (tertiary/aromatic N) is 4. The van der Waals surface area contributed by atoms with Crippen molar-refractivity contribution < 1.29 is 14.3 Å². The molecule has 1 aromatic heterocycles. The second-order valence-electron chi connectivity index (χ2n) is 6.01. The van der Waals surface area contributed by atoms with Gasteiger partial charge in [-0.15, -0.1) is 5.10 Å². The minimum absolute atomic E-state index is 0.204. The summed E-state index contributed by atoms with van der Waals surface area (Å²) in [6.45, 7) is 2.21. The lowest BCUT2D eigenvalue weighted by molar-refractivity contribution is -0.116. The molecule has 3 aromatic rings. The van der Waals surface area contributed by atoms with Gasteiger partial charge in [0.05, 0.1) is 26.5 Å². The van der Waals surface area contributed by atoms with Gasteiger partial charge in [0.2, 0.25) is 5.91 Å². The van der Waals surface area contributed by atoms with Crippen LogP contribution in [0.15, 0.2) is 48.5 Å². The third-order valence-corrected chi connectivity index (χ3v) is 4.07. The number of benzene rings is 2. The summed E-state index contributed by atoms with van der Waals surface area (Å²) in [6.07, 6.45) is 3.14. The number of aryl methyl sites for hydroxylation is 1. The van der Waals surface area contributed by atoms with Crippen molar-refractivity contribution in [2.45, 2.75) is 13.5 Å². The van der Waals surface area contributed by atoms with Crippen molar-refractivity contribution in [2.75, 3.05) is 14.2 Å². The molecule has 0 aliphatic carbocycles. The number of aromatic nitrogens is 4. The van der Waals surface area contributed by atoms with E-state index in [0.29, 0.717) is 17.3 Å². The average Bonchev–Trinajstić information content (AvgIpc) is 3.19. The molecule has 3 rings (SSSR count). The quantitative estimate of drug-likeness (QED) is 0.634. The Hall–Kier alpha value is -3.68. The van der Waals surface area contributed by atoms with Crippen LogP contribution in [-0.4, -0.2) is 40.3 Å². The third kappa shape index (κ3) is 4.53. The molecule has 0 aliphatic heterocycles. The van der Waals surface area contributed by atoms with Crippen molar-refractivity contribution in [3.05, 3.63) is 65.5 Å². The highest BCUT2D eigenvalue weighted by Gasteiger charge is 2.09. The van der Waals surface area contributed by atoms with Crippen LogP contribution in [-0.2, 0) is 11.3 Å². The Morgan fingerprint density at radius 1 is 1.11 bits per heavy atom. The standard InChI is InChI=1S/C20H21N5O3/c1-14-4-8-16(9-5-14)25-19(22-23-24-25)13-21-20(26)11-7-15-6-10-17(27-2)18(12-15)28-3/h4-12H,13H2,1-3H3,(H,21,26). The molecule has 0 unspecified atom stereocenters. The Bertz CT molecular complexity index is 980. The van der Waals surface area contributed by atoms with E-state index < -0.39 is 0 Å². The second kappa shape index (κ2) is 8.81. The van der Waals surface area contributed by atoms with Gasteiger partial charge in [-0.3, -0.25) is 4.79 Å². The first kappa shape index (κ1) is 19.1. The molecular formula is C20H21N5O3. The largest absolute Gasteiger partial charge is 0.493 e. The Labute approximate surface area is 162 Å². The number of ether oxygens (including phenoxy) is 2. The van der Waals surface area contributed by atoms with Crippen LogP contribution in [0.5, 0.6) is 11.5 Å². The van der Waals surface area contributed by atoms with E-state index in [2.05, 4.69) is 20.8 Å². The number of rotatable bonds is 7.